The Labute approximate surface area is 151 Å². The average Bonchev–Trinajstić information content (AvgIpc) is 2.63. The highest BCUT2D eigenvalue weighted by molar-refractivity contribution is 5.86. The van der Waals surface area contributed by atoms with E-state index in [0.29, 0.717) is 12.2 Å². The van der Waals surface area contributed by atoms with Gasteiger partial charge in [-0.2, -0.15) is 5.10 Å². The Hall–Kier alpha value is -3.42. The summed E-state index contributed by atoms with van der Waals surface area (Å²) in [6, 6.07) is 12.7. The maximum absolute atomic E-state index is 12.1. The van der Waals surface area contributed by atoms with E-state index in [4.69, 9.17) is 4.74 Å². The number of carbonyl (C=O) groups excluding carboxylic acids is 1. The van der Waals surface area contributed by atoms with E-state index in [0.717, 1.165) is 11.4 Å². The highest BCUT2D eigenvalue weighted by Crippen LogP contribution is 2.16. The zero-order chi connectivity index (χ0) is 18.9. The van der Waals surface area contributed by atoms with Gasteiger partial charge in [-0.25, -0.2) is 5.43 Å². The minimum Gasteiger partial charge on any atom is -0.494 e. The van der Waals surface area contributed by atoms with Crippen LogP contribution < -0.4 is 15.5 Å². The molecule has 0 radical (unpaired) electrons. The second-order valence-electron chi connectivity index (χ2n) is 5.41. The van der Waals surface area contributed by atoms with E-state index < -0.39 is 11.0 Å². The average molecular weight is 356 g/mol. The van der Waals surface area contributed by atoms with Crippen molar-refractivity contribution in [3.8, 4) is 5.75 Å². The molecule has 8 heteroatoms. The number of carbonyl (C=O) groups is 1. The zero-order valence-corrected chi connectivity index (χ0v) is 14.5. The van der Waals surface area contributed by atoms with Crippen molar-refractivity contribution in [1.29, 1.82) is 0 Å². The van der Waals surface area contributed by atoms with Crippen LogP contribution >= 0.6 is 0 Å². The van der Waals surface area contributed by atoms with Crippen LogP contribution in [0.3, 0.4) is 0 Å². The number of amides is 1. The predicted octanol–water partition coefficient (Wildman–Crippen LogP) is 2.94. The number of hydrazone groups is 1. The molecular formula is C18H20N4O4. The molecule has 0 aromatic heterocycles. The van der Waals surface area contributed by atoms with Crippen LogP contribution in [0.15, 0.2) is 53.6 Å². The molecule has 0 saturated carbocycles. The Balaban J connectivity index is 1.88. The fourth-order valence-corrected chi connectivity index (χ4v) is 2.12. The summed E-state index contributed by atoms with van der Waals surface area (Å²) in [5.74, 6) is 0.428. The maximum Gasteiger partial charge on any atom is 0.270 e. The van der Waals surface area contributed by atoms with E-state index in [1.807, 2.05) is 31.2 Å². The molecule has 136 valence electrons. The van der Waals surface area contributed by atoms with Gasteiger partial charge >= 0.3 is 0 Å². The van der Waals surface area contributed by atoms with Crippen molar-refractivity contribution < 1.29 is 14.5 Å². The molecule has 8 nitrogen and oxygen atoms in total. The smallest absolute Gasteiger partial charge is 0.270 e. The summed E-state index contributed by atoms with van der Waals surface area (Å²) >= 11 is 0. The molecule has 0 aliphatic rings. The summed E-state index contributed by atoms with van der Waals surface area (Å²) in [6.07, 6.45) is 1.36. The lowest BCUT2D eigenvalue weighted by molar-refractivity contribution is -0.384. The predicted molar refractivity (Wildman–Crippen MR) is 99.5 cm³/mol. The number of rotatable bonds is 8. The van der Waals surface area contributed by atoms with Crippen molar-refractivity contribution in [2.45, 2.75) is 19.9 Å². The highest BCUT2D eigenvalue weighted by atomic mass is 16.6. The molecule has 1 atom stereocenters. The molecule has 0 aliphatic heterocycles. The SMILES string of the molecule is CCOc1ccc(NC(C)C(=O)NN=Cc2cccc([N+](=O)[O-])c2)cc1. The Morgan fingerprint density at radius 2 is 2.04 bits per heavy atom. The third kappa shape index (κ3) is 5.59. The normalized spacial score (nSPS) is 11.8. The molecule has 0 aliphatic carbocycles. The van der Waals surface area contributed by atoms with E-state index in [1.54, 1.807) is 19.1 Å². The molecule has 1 unspecified atom stereocenters. The van der Waals surface area contributed by atoms with Crippen molar-refractivity contribution in [1.82, 2.24) is 5.43 Å². The minimum absolute atomic E-state index is 0.0363. The first-order chi connectivity index (χ1) is 12.5. The number of non-ortho nitro benzene ring substituents is 1. The molecule has 0 saturated heterocycles. The second kappa shape index (κ2) is 9.16. The monoisotopic (exact) mass is 356 g/mol. The van der Waals surface area contributed by atoms with Gasteiger partial charge < -0.3 is 10.1 Å². The number of anilines is 1. The molecule has 0 bridgehead atoms. The van der Waals surface area contributed by atoms with Gasteiger partial charge in [0.05, 0.1) is 17.7 Å². The third-order valence-corrected chi connectivity index (χ3v) is 3.41. The van der Waals surface area contributed by atoms with Crippen LogP contribution in [0.5, 0.6) is 5.75 Å². The van der Waals surface area contributed by atoms with Crippen molar-refractivity contribution in [2.24, 2.45) is 5.10 Å². The number of nitrogens with zero attached hydrogens (tertiary/aromatic N) is 2. The van der Waals surface area contributed by atoms with Gasteiger partial charge in [0.1, 0.15) is 11.8 Å². The van der Waals surface area contributed by atoms with Gasteiger partial charge in [0.15, 0.2) is 0 Å². The van der Waals surface area contributed by atoms with E-state index in [1.165, 1.54) is 18.3 Å². The van der Waals surface area contributed by atoms with Gasteiger partial charge in [-0.1, -0.05) is 12.1 Å². The molecule has 2 aromatic rings. The molecule has 2 aromatic carbocycles. The Morgan fingerprint density at radius 1 is 1.31 bits per heavy atom. The number of hydrogen-bond acceptors (Lipinski definition) is 6. The van der Waals surface area contributed by atoms with Crippen molar-refractivity contribution in [2.75, 3.05) is 11.9 Å². The molecule has 2 rings (SSSR count). The van der Waals surface area contributed by atoms with Crippen LogP contribution in [0.2, 0.25) is 0 Å². The lowest BCUT2D eigenvalue weighted by Crippen LogP contribution is -2.34. The summed E-state index contributed by atoms with van der Waals surface area (Å²) in [6.45, 7) is 4.20. The Morgan fingerprint density at radius 3 is 2.69 bits per heavy atom. The van der Waals surface area contributed by atoms with Gasteiger partial charge in [-0.3, -0.25) is 14.9 Å². The van der Waals surface area contributed by atoms with Crippen LogP contribution in [-0.4, -0.2) is 29.7 Å². The van der Waals surface area contributed by atoms with Crippen LogP contribution in [0.25, 0.3) is 0 Å². The van der Waals surface area contributed by atoms with E-state index in [2.05, 4.69) is 15.8 Å². The number of nitrogens with one attached hydrogen (secondary N) is 2. The largest absolute Gasteiger partial charge is 0.494 e. The quantitative estimate of drug-likeness (QED) is 0.430. The van der Waals surface area contributed by atoms with Gasteiger partial charge in [-0.05, 0) is 38.1 Å². The summed E-state index contributed by atoms with van der Waals surface area (Å²) in [7, 11) is 0. The summed E-state index contributed by atoms with van der Waals surface area (Å²) in [5.41, 5.74) is 3.67. The van der Waals surface area contributed by atoms with Crippen molar-refractivity contribution >= 4 is 23.5 Å². The van der Waals surface area contributed by atoms with E-state index in [9.17, 15) is 14.9 Å². The van der Waals surface area contributed by atoms with E-state index in [-0.39, 0.29) is 11.6 Å². The van der Waals surface area contributed by atoms with Crippen LogP contribution in [0, 0.1) is 10.1 Å². The van der Waals surface area contributed by atoms with Crippen molar-refractivity contribution in [3.63, 3.8) is 0 Å². The first-order valence-corrected chi connectivity index (χ1v) is 8.06. The second-order valence-corrected chi connectivity index (χ2v) is 5.41. The number of benzene rings is 2. The number of hydrogen-bond donors (Lipinski definition) is 2. The lowest BCUT2D eigenvalue weighted by Gasteiger charge is -2.13. The maximum atomic E-state index is 12.1. The van der Waals surface area contributed by atoms with Crippen molar-refractivity contribution in [3.05, 3.63) is 64.2 Å². The van der Waals surface area contributed by atoms with Gasteiger partial charge in [0, 0.05) is 23.4 Å². The third-order valence-electron chi connectivity index (χ3n) is 3.41. The topological polar surface area (TPSA) is 106 Å². The summed E-state index contributed by atoms with van der Waals surface area (Å²) in [5, 5.41) is 17.6. The van der Waals surface area contributed by atoms with Gasteiger partial charge in [0.2, 0.25) is 0 Å². The van der Waals surface area contributed by atoms with Crippen LogP contribution in [0.1, 0.15) is 19.4 Å². The number of nitro benzene ring substituents is 1. The molecule has 1 amide bonds. The van der Waals surface area contributed by atoms with Gasteiger partial charge in [0.25, 0.3) is 11.6 Å². The Kier molecular flexibility index (Phi) is 6.67. The highest BCUT2D eigenvalue weighted by Gasteiger charge is 2.11. The van der Waals surface area contributed by atoms with Crippen LogP contribution in [0.4, 0.5) is 11.4 Å². The minimum atomic E-state index is -0.518. The van der Waals surface area contributed by atoms with E-state index >= 15 is 0 Å². The fraction of sp³-hybridized carbons (Fsp3) is 0.222. The Bertz CT molecular complexity index is 790. The first-order valence-electron chi connectivity index (χ1n) is 8.06. The molecule has 0 heterocycles. The lowest BCUT2D eigenvalue weighted by atomic mass is 10.2. The number of nitro groups is 1. The first kappa shape index (κ1) is 18.9. The molecule has 26 heavy (non-hydrogen) atoms. The molecule has 2 N–H and O–H groups in total. The summed E-state index contributed by atoms with van der Waals surface area (Å²) < 4.78 is 5.36. The molecular weight excluding hydrogens is 336 g/mol. The zero-order valence-electron chi connectivity index (χ0n) is 14.5. The molecule has 0 fully saturated rings. The molecule has 0 spiro atoms. The van der Waals surface area contributed by atoms with Gasteiger partial charge in [-0.15, -0.1) is 0 Å². The fourth-order valence-electron chi connectivity index (χ4n) is 2.12. The standard InChI is InChI=1S/C18H20N4O4/c1-3-26-17-9-7-15(8-10-17)20-13(2)18(23)21-19-12-14-5-4-6-16(11-14)22(24)25/h4-13,20H,3H2,1-2H3,(H,21,23). The summed E-state index contributed by atoms with van der Waals surface area (Å²) in [4.78, 5) is 22.3. The van der Waals surface area contributed by atoms with Crippen LogP contribution in [-0.2, 0) is 4.79 Å². The number of ether oxygens (including phenoxy) is 1.